The molecule has 0 radical (unpaired) electrons. The molecule has 3 atom stereocenters. The molecule has 106 valence electrons. The molecule has 1 aromatic rings. The fourth-order valence-corrected chi connectivity index (χ4v) is 3.26. The van der Waals surface area contributed by atoms with Gasteiger partial charge in [0.15, 0.2) is 0 Å². The maximum atomic E-state index is 3.62. The maximum absolute atomic E-state index is 3.62. The molecule has 0 saturated carbocycles. The lowest BCUT2D eigenvalue weighted by atomic mass is 9.93. The molecule has 3 unspecified atom stereocenters. The Morgan fingerprint density at radius 1 is 1.32 bits per heavy atom. The van der Waals surface area contributed by atoms with E-state index in [0.717, 1.165) is 5.92 Å². The Bertz CT molecular complexity index is 433. The van der Waals surface area contributed by atoms with E-state index in [4.69, 9.17) is 0 Å². The predicted molar refractivity (Wildman–Crippen MR) is 86.8 cm³/mol. The van der Waals surface area contributed by atoms with Crippen LogP contribution in [0.1, 0.15) is 45.2 Å². The van der Waals surface area contributed by atoms with E-state index < -0.39 is 0 Å². The second-order valence-corrected chi connectivity index (χ2v) is 6.81. The molecule has 1 heterocycles. The molecule has 0 amide bonds. The average Bonchev–Trinajstić information content (AvgIpc) is 2.40. The Morgan fingerprint density at radius 2 is 2.05 bits per heavy atom. The van der Waals surface area contributed by atoms with E-state index in [0.29, 0.717) is 12.1 Å². The number of hydrogen-bond donors (Lipinski definition) is 1. The molecule has 2 nitrogen and oxygen atoms in total. The van der Waals surface area contributed by atoms with Crippen LogP contribution in [0.2, 0.25) is 0 Å². The van der Waals surface area contributed by atoms with Crippen LogP contribution in [0.4, 0.5) is 5.69 Å². The lowest BCUT2D eigenvalue weighted by molar-refractivity contribution is 0.389. The number of hydrogen-bond acceptors (Lipinski definition) is 2. The fraction of sp³-hybridized carbons (Fsp3) is 0.625. The van der Waals surface area contributed by atoms with Crippen molar-refractivity contribution < 1.29 is 0 Å². The molecule has 2 rings (SSSR count). The van der Waals surface area contributed by atoms with E-state index in [1.807, 2.05) is 7.05 Å². The van der Waals surface area contributed by atoms with E-state index in [1.54, 1.807) is 0 Å². The predicted octanol–water partition coefficient (Wildman–Crippen LogP) is 4.35. The highest BCUT2D eigenvalue weighted by Gasteiger charge is 2.25. The fourth-order valence-electron chi connectivity index (χ4n) is 2.91. The summed E-state index contributed by atoms with van der Waals surface area (Å²) in [7, 11) is 2.03. The van der Waals surface area contributed by atoms with Gasteiger partial charge in [0.05, 0.1) is 0 Å². The molecule has 1 fully saturated rings. The van der Waals surface area contributed by atoms with E-state index in [2.05, 4.69) is 65.1 Å². The van der Waals surface area contributed by atoms with E-state index in [1.165, 1.54) is 35.1 Å². The molecule has 0 aromatic heterocycles. The zero-order chi connectivity index (χ0) is 14.0. The molecule has 0 bridgehead atoms. The second-order valence-electron chi connectivity index (χ2n) is 5.90. The summed E-state index contributed by atoms with van der Waals surface area (Å²) in [5, 5.41) is 3.36. The van der Waals surface area contributed by atoms with Crippen LogP contribution in [-0.2, 0) is 0 Å². The van der Waals surface area contributed by atoms with E-state index in [9.17, 15) is 0 Å². The van der Waals surface area contributed by atoms with Gasteiger partial charge in [0, 0.05) is 28.8 Å². The first-order chi connectivity index (χ1) is 9.02. The molecule has 3 heteroatoms. The Labute approximate surface area is 125 Å². The molecule has 1 aliphatic heterocycles. The summed E-state index contributed by atoms with van der Waals surface area (Å²) in [5.41, 5.74) is 2.78. The number of piperidine rings is 1. The summed E-state index contributed by atoms with van der Waals surface area (Å²) in [4.78, 5) is 2.59. The van der Waals surface area contributed by atoms with Crippen LogP contribution in [0.25, 0.3) is 0 Å². The molecule has 0 aliphatic carbocycles. The quantitative estimate of drug-likeness (QED) is 0.888. The minimum absolute atomic E-state index is 0.382. The standard InChI is InChI=1S/C16H25BrN2/c1-11-5-6-12(2)19(10-11)16-9-14(17)7-8-15(16)13(3)18-4/h7-9,11-13,18H,5-6,10H2,1-4H3. The molecule has 1 aliphatic rings. The normalized spacial score (nSPS) is 25.4. The monoisotopic (exact) mass is 324 g/mol. The Balaban J connectivity index is 2.38. The Hall–Kier alpha value is -0.540. The lowest BCUT2D eigenvalue weighted by Crippen LogP contribution is -2.42. The summed E-state index contributed by atoms with van der Waals surface area (Å²) in [6.45, 7) is 8.10. The van der Waals surface area contributed by atoms with Crippen LogP contribution in [0.3, 0.4) is 0 Å². The summed E-state index contributed by atoms with van der Waals surface area (Å²) < 4.78 is 1.17. The summed E-state index contributed by atoms with van der Waals surface area (Å²) in [6.07, 6.45) is 2.64. The minimum Gasteiger partial charge on any atom is -0.368 e. The minimum atomic E-state index is 0.382. The smallest absolute Gasteiger partial charge is 0.0428 e. The maximum Gasteiger partial charge on any atom is 0.0428 e. The topological polar surface area (TPSA) is 15.3 Å². The SMILES string of the molecule is CNC(C)c1ccc(Br)cc1N1CC(C)CCC1C. The first-order valence-electron chi connectivity index (χ1n) is 7.26. The number of nitrogens with zero attached hydrogens (tertiary/aromatic N) is 1. The van der Waals surface area contributed by atoms with Gasteiger partial charge in [0.25, 0.3) is 0 Å². The Morgan fingerprint density at radius 3 is 2.74 bits per heavy atom. The molecular weight excluding hydrogens is 300 g/mol. The van der Waals surface area contributed by atoms with Gasteiger partial charge in [-0.25, -0.2) is 0 Å². The van der Waals surface area contributed by atoms with Gasteiger partial charge in [-0.15, -0.1) is 0 Å². The van der Waals surface area contributed by atoms with Crippen molar-refractivity contribution in [1.29, 1.82) is 0 Å². The summed E-state index contributed by atoms with van der Waals surface area (Å²) in [6, 6.07) is 7.68. The van der Waals surface area contributed by atoms with Crippen molar-refractivity contribution in [2.24, 2.45) is 5.92 Å². The van der Waals surface area contributed by atoms with Gasteiger partial charge >= 0.3 is 0 Å². The molecule has 1 aromatic carbocycles. The van der Waals surface area contributed by atoms with Crippen LogP contribution in [0.5, 0.6) is 0 Å². The van der Waals surface area contributed by atoms with Gasteiger partial charge in [-0.05, 0) is 57.4 Å². The van der Waals surface area contributed by atoms with Gasteiger partial charge in [-0.1, -0.05) is 28.9 Å². The van der Waals surface area contributed by atoms with Crippen molar-refractivity contribution >= 4 is 21.6 Å². The summed E-state index contributed by atoms with van der Waals surface area (Å²) in [5.74, 6) is 0.785. The third-order valence-corrected chi connectivity index (χ3v) is 4.81. The van der Waals surface area contributed by atoms with Gasteiger partial charge in [0.1, 0.15) is 0 Å². The number of nitrogens with one attached hydrogen (secondary N) is 1. The van der Waals surface area contributed by atoms with E-state index in [-0.39, 0.29) is 0 Å². The third kappa shape index (κ3) is 3.32. The highest BCUT2D eigenvalue weighted by atomic mass is 79.9. The van der Waals surface area contributed by atoms with Gasteiger partial charge < -0.3 is 10.2 Å². The molecule has 19 heavy (non-hydrogen) atoms. The van der Waals surface area contributed by atoms with Crippen LogP contribution < -0.4 is 10.2 Å². The summed E-state index contributed by atoms with van der Waals surface area (Å²) >= 11 is 3.62. The molecule has 1 saturated heterocycles. The van der Waals surface area contributed by atoms with Crippen LogP contribution in [-0.4, -0.2) is 19.6 Å². The highest BCUT2D eigenvalue weighted by molar-refractivity contribution is 9.10. The molecule has 1 N–H and O–H groups in total. The first kappa shape index (κ1) is 14.9. The second kappa shape index (κ2) is 6.27. The number of halogens is 1. The third-order valence-electron chi connectivity index (χ3n) is 4.32. The zero-order valence-electron chi connectivity index (χ0n) is 12.4. The Kier molecular flexibility index (Phi) is 4.91. The zero-order valence-corrected chi connectivity index (χ0v) is 14.0. The highest BCUT2D eigenvalue weighted by Crippen LogP contribution is 2.34. The van der Waals surface area contributed by atoms with Crippen molar-refractivity contribution in [3.05, 3.63) is 28.2 Å². The van der Waals surface area contributed by atoms with Gasteiger partial charge in [-0.3, -0.25) is 0 Å². The lowest BCUT2D eigenvalue weighted by Gasteiger charge is -2.40. The number of anilines is 1. The van der Waals surface area contributed by atoms with Gasteiger partial charge in [-0.2, -0.15) is 0 Å². The molecular formula is C16H25BrN2. The van der Waals surface area contributed by atoms with Crippen LogP contribution in [0.15, 0.2) is 22.7 Å². The van der Waals surface area contributed by atoms with Crippen molar-refractivity contribution in [1.82, 2.24) is 5.32 Å². The van der Waals surface area contributed by atoms with Crippen LogP contribution in [0, 0.1) is 5.92 Å². The van der Waals surface area contributed by atoms with Crippen molar-refractivity contribution in [3.8, 4) is 0 Å². The number of rotatable bonds is 3. The van der Waals surface area contributed by atoms with Crippen molar-refractivity contribution in [3.63, 3.8) is 0 Å². The van der Waals surface area contributed by atoms with E-state index >= 15 is 0 Å². The molecule has 0 spiro atoms. The van der Waals surface area contributed by atoms with Crippen LogP contribution >= 0.6 is 15.9 Å². The van der Waals surface area contributed by atoms with Gasteiger partial charge in [0.2, 0.25) is 0 Å². The van der Waals surface area contributed by atoms with Crippen molar-refractivity contribution in [2.75, 3.05) is 18.5 Å². The largest absolute Gasteiger partial charge is 0.368 e. The first-order valence-corrected chi connectivity index (χ1v) is 8.05. The number of benzene rings is 1. The average molecular weight is 325 g/mol. The van der Waals surface area contributed by atoms with Crippen molar-refractivity contribution in [2.45, 2.75) is 45.7 Å².